The number of thiophene rings is 1. The van der Waals surface area contributed by atoms with Crippen LogP contribution in [0.2, 0.25) is 0 Å². The number of likely N-dealkylation sites (N-methyl/N-ethyl adjacent to an activating group) is 1. The maximum atomic E-state index is 12.5. The summed E-state index contributed by atoms with van der Waals surface area (Å²) in [6.07, 6.45) is 0. The summed E-state index contributed by atoms with van der Waals surface area (Å²) in [5.74, 6) is -0.167. The number of rotatable bonds is 10. The molecule has 0 aliphatic carbocycles. The Labute approximate surface area is 188 Å². The molecule has 3 rings (SSSR count). The molecule has 2 N–H and O–H groups in total. The van der Waals surface area contributed by atoms with Gasteiger partial charge >= 0.3 is 0 Å². The molecule has 31 heavy (non-hydrogen) atoms. The number of amides is 2. The molecule has 0 saturated heterocycles. The number of nitrogens with zero attached hydrogens (tertiary/aromatic N) is 1. The maximum Gasteiger partial charge on any atom is 0.234 e. The largest absolute Gasteiger partial charge is 0.350 e. The molecule has 0 fully saturated rings. The molecule has 0 radical (unpaired) electrons. The summed E-state index contributed by atoms with van der Waals surface area (Å²) in [6, 6.07) is 22.3. The summed E-state index contributed by atoms with van der Waals surface area (Å²) >= 11 is 1.61. The Morgan fingerprint density at radius 2 is 1.58 bits per heavy atom. The average Bonchev–Trinajstić information content (AvgIpc) is 3.31. The number of carbonyl (C=O) groups is 2. The van der Waals surface area contributed by atoms with Crippen LogP contribution in [-0.4, -0.2) is 36.3 Å². The van der Waals surface area contributed by atoms with Crippen molar-refractivity contribution in [3.63, 3.8) is 0 Å². The Balaban J connectivity index is 1.47. The Kier molecular flexibility index (Phi) is 8.38. The molecule has 0 unspecified atom stereocenters. The van der Waals surface area contributed by atoms with Crippen LogP contribution in [0.1, 0.15) is 30.3 Å². The summed E-state index contributed by atoms with van der Waals surface area (Å²) in [5.41, 5.74) is 3.36. The highest BCUT2D eigenvalue weighted by molar-refractivity contribution is 7.09. The van der Waals surface area contributed by atoms with E-state index >= 15 is 0 Å². The standard InChI is InChI=1S/C25H29N3O2S/c1-3-28(17-24(29)26-16-23-10-7-15-31-23)18-25(30)27-19(2)20-11-13-22(14-12-20)21-8-5-4-6-9-21/h4-15,19H,3,16-18H2,1-2H3,(H,26,29)(H,27,30)/t19-/m0/s1. The van der Waals surface area contributed by atoms with Gasteiger partial charge in [0.1, 0.15) is 0 Å². The number of nitrogens with one attached hydrogen (secondary N) is 2. The van der Waals surface area contributed by atoms with E-state index in [0.717, 1.165) is 16.0 Å². The Morgan fingerprint density at radius 1 is 0.903 bits per heavy atom. The molecule has 3 aromatic rings. The van der Waals surface area contributed by atoms with E-state index in [0.29, 0.717) is 13.1 Å². The van der Waals surface area contributed by atoms with Crippen LogP contribution >= 0.6 is 11.3 Å². The summed E-state index contributed by atoms with van der Waals surface area (Å²) in [5, 5.41) is 7.93. The number of benzene rings is 2. The van der Waals surface area contributed by atoms with E-state index in [1.54, 1.807) is 11.3 Å². The molecule has 2 amide bonds. The van der Waals surface area contributed by atoms with Crippen molar-refractivity contribution in [2.45, 2.75) is 26.4 Å². The lowest BCUT2D eigenvalue weighted by Crippen LogP contribution is -2.43. The molecular formula is C25H29N3O2S. The van der Waals surface area contributed by atoms with E-state index < -0.39 is 0 Å². The Hall–Kier alpha value is -2.96. The van der Waals surface area contributed by atoms with Crippen molar-refractivity contribution < 1.29 is 9.59 Å². The third-order valence-corrected chi connectivity index (χ3v) is 5.99. The molecule has 0 aliphatic heterocycles. The molecule has 6 heteroatoms. The highest BCUT2D eigenvalue weighted by Crippen LogP contribution is 2.21. The SMILES string of the molecule is CCN(CC(=O)NCc1cccs1)CC(=O)N[C@@H](C)c1ccc(-c2ccccc2)cc1. The number of hydrogen-bond donors (Lipinski definition) is 2. The van der Waals surface area contributed by atoms with E-state index in [9.17, 15) is 9.59 Å². The molecular weight excluding hydrogens is 406 g/mol. The van der Waals surface area contributed by atoms with Crippen LogP contribution in [0.25, 0.3) is 11.1 Å². The van der Waals surface area contributed by atoms with Crippen molar-refractivity contribution in [2.75, 3.05) is 19.6 Å². The Morgan fingerprint density at radius 3 is 2.23 bits per heavy atom. The third kappa shape index (κ3) is 7.05. The smallest absolute Gasteiger partial charge is 0.234 e. The zero-order valence-electron chi connectivity index (χ0n) is 18.0. The van der Waals surface area contributed by atoms with Gasteiger partial charge in [-0.3, -0.25) is 14.5 Å². The van der Waals surface area contributed by atoms with E-state index in [4.69, 9.17) is 0 Å². The van der Waals surface area contributed by atoms with Gasteiger partial charge < -0.3 is 10.6 Å². The lowest BCUT2D eigenvalue weighted by molar-refractivity contribution is -0.125. The fourth-order valence-electron chi connectivity index (χ4n) is 3.31. The second-order valence-electron chi connectivity index (χ2n) is 7.44. The van der Waals surface area contributed by atoms with Gasteiger partial charge in [0.15, 0.2) is 0 Å². The molecule has 0 saturated carbocycles. The first-order valence-corrected chi connectivity index (χ1v) is 11.4. The number of carbonyl (C=O) groups excluding carboxylic acids is 2. The van der Waals surface area contributed by atoms with Crippen molar-refractivity contribution in [2.24, 2.45) is 0 Å². The highest BCUT2D eigenvalue weighted by Gasteiger charge is 2.15. The van der Waals surface area contributed by atoms with Crippen molar-refractivity contribution in [1.29, 1.82) is 0 Å². The minimum absolute atomic E-state index is 0.0763. The Bertz CT molecular complexity index is 956. The van der Waals surface area contributed by atoms with Crippen LogP contribution in [0.5, 0.6) is 0 Å². The minimum atomic E-state index is -0.108. The van der Waals surface area contributed by atoms with Gasteiger partial charge in [0, 0.05) is 4.88 Å². The van der Waals surface area contributed by atoms with Crippen molar-refractivity contribution >= 4 is 23.2 Å². The lowest BCUT2D eigenvalue weighted by Gasteiger charge is -2.21. The number of hydrogen-bond acceptors (Lipinski definition) is 4. The van der Waals surface area contributed by atoms with Gasteiger partial charge in [0.05, 0.1) is 25.7 Å². The molecule has 5 nitrogen and oxygen atoms in total. The monoisotopic (exact) mass is 435 g/mol. The van der Waals surface area contributed by atoms with Crippen molar-refractivity contribution in [1.82, 2.24) is 15.5 Å². The van der Waals surface area contributed by atoms with E-state index in [2.05, 4.69) is 34.9 Å². The predicted molar refractivity (Wildman–Crippen MR) is 127 cm³/mol. The van der Waals surface area contributed by atoms with Gasteiger partial charge in [-0.1, -0.05) is 67.6 Å². The van der Waals surface area contributed by atoms with Gasteiger partial charge in [0.25, 0.3) is 0 Å². The molecule has 162 valence electrons. The second kappa shape index (κ2) is 11.4. The van der Waals surface area contributed by atoms with Crippen molar-refractivity contribution in [3.05, 3.63) is 82.6 Å². The zero-order valence-corrected chi connectivity index (χ0v) is 18.8. The van der Waals surface area contributed by atoms with Crippen LogP contribution < -0.4 is 10.6 Å². The minimum Gasteiger partial charge on any atom is -0.350 e. The molecule has 0 aliphatic rings. The van der Waals surface area contributed by atoms with Gasteiger partial charge in [-0.2, -0.15) is 0 Å². The summed E-state index contributed by atoms with van der Waals surface area (Å²) in [6.45, 7) is 5.46. The zero-order chi connectivity index (χ0) is 22.1. The van der Waals surface area contributed by atoms with E-state index in [1.165, 1.54) is 5.56 Å². The summed E-state index contributed by atoms with van der Waals surface area (Å²) in [4.78, 5) is 27.7. The maximum absolute atomic E-state index is 12.5. The highest BCUT2D eigenvalue weighted by atomic mass is 32.1. The molecule has 1 atom stereocenters. The van der Waals surface area contributed by atoms with Gasteiger partial charge in [-0.05, 0) is 41.6 Å². The van der Waals surface area contributed by atoms with Crippen LogP contribution in [0.3, 0.4) is 0 Å². The van der Waals surface area contributed by atoms with E-state index in [1.807, 2.05) is 66.6 Å². The predicted octanol–water partition coefficient (Wildman–Crippen LogP) is 4.23. The average molecular weight is 436 g/mol. The first-order valence-electron chi connectivity index (χ1n) is 10.5. The summed E-state index contributed by atoms with van der Waals surface area (Å²) in [7, 11) is 0. The molecule has 0 spiro atoms. The van der Waals surface area contributed by atoms with Gasteiger partial charge in [-0.25, -0.2) is 0 Å². The third-order valence-electron chi connectivity index (χ3n) is 5.12. The normalized spacial score (nSPS) is 11.8. The quantitative estimate of drug-likeness (QED) is 0.501. The van der Waals surface area contributed by atoms with Gasteiger partial charge in [0.2, 0.25) is 11.8 Å². The topological polar surface area (TPSA) is 61.4 Å². The van der Waals surface area contributed by atoms with Crippen LogP contribution in [0, 0.1) is 0 Å². The lowest BCUT2D eigenvalue weighted by atomic mass is 10.0. The van der Waals surface area contributed by atoms with Crippen LogP contribution in [0.15, 0.2) is 72.1 Å². The molecule has 2 aromatic carbocycles. The van der Waals surface area contributed by atoms with E-state index in [-0.39, 0.29) is 30.9 Å². The van der Waals surface area contributed by atoms with Crippen molar-refractivity contribution in [3.8, 4) is 11.1 Å². The second-order valence-corrected chi connectivity index (χ2v) is 8.47. The molecule has 1 heterocycles. The summed E-state index contributed by atoms with van der Waals surface area (Å²) < 4.78 is 0. The van der Waals surface area contributed by atoms with Crippen LogP contribution in [-0.2, 0) is 16.1 Å². The first kappa shape index (κ1) is 22.7. The first-order chi connectivity index (χ1) is 15.0. The van der Waals surface area contributed by atoms with Crippen LogP contribution in [0.4, 0.5) is 0 Å². The molecule has 0 bridgehead atoms. The van der Waals surface area contributed by atoms with Gasteiger partial charge in [-0.15, -0.1) is 11.3 Å². The fourth-order valence-corrected chi connectivity index (χ4v) is 3.95. The molecule has 1 aromatic heterocycles. The fraction of sp³-hybridized carbons (Fsp3) is 0.280.